The molecule has 1 spiro atoms. The van der Waals surface area contributed by atoms with Gasteiger partial charge in [0, 0.05) is 24.7 Å². The third-order valence-corrected chi connectivity index (χ3v) is 8.49. The highest BCUT2D eigenvalue weighted by Crippen LogP contribution is 2.45. The van der Waals surface area contributed by atoms with Gasteiger partial charge in [-0.05, 0) is 25.7 Å². The number of fused-ring (bicyclic) bond motifs is 2. The molecule has 8 nitrogen and oxygen atoms in total. The maximum absolute atomic E-state index is 13.0. The molecule has 0 bridgehead atoms. The number of carboxylic acid groups (broad SMARTS) is 1. The van der Waals surface area contributed by atoms with E-state index < -0.39 is 26.5 Å². The Bertz CT molecular complexity index is 902. The van der Waals surface area contributed by atoms with Gasteiger partial charge in [-0.15, -0.1) is 0 Å². The first-order chi connectivity index (χ1) is 13.3. The molecule has 2 aliphatic carbocycles. The molecule has 2 saturated carbocycles. The first kappa shape index (κ1) is 19.3. The molecular formula is C19H25N3O5S. The van der Waals surface area contributed by atoms with E-state index >= 15 is 0 Å². The molecule has 0 atom stereocenters. The zero-order valence-electron chi connectivity index (χ0n) is 15.8. The SMILES string of the molecule is O=C(O)CCN1CC2(CCCC2)c2nc(S(=O)(=O)C3CCCC3)ncc2C1=O. The molecule has 1 N–H and O–H groups in total. The van der Waals surface area contributed by atoms with Crippen LogP contribution in [0.5, 0.6) is 0 Å². The van der Waals surface area contributed by atoms with E-state index in [-0.39, 0.29) is 24.0 Å². The number of hydrogen-bond donors (Lipinski definition) is 1. The number of rotatable bonds is 5. The van der Waals surface area contributed by atoms with Crippen molar-refractivity contribution in [1.82, 2.24) is 14.9 Å². The Hall–Kier alpha value is -2.03. The number of carbonyl (C=O) groups excluding carboxylic acids is 1. The summed E-state index contributed by atoms with van der Waals surface area (Å²) >= 11 is 0. The van der Waals surface area contributed by atoms with Crippen molar-refractivity contribution in [3.8, 4) is 0 Å². The van der Waals surface area contributed by atoms with Crippen molar-refractivity contribution in [3.63, 3.8) is 0 Å². The van der Waals surface area contributed by atoms with Crippen molar-refractivity contribution in [2.75, 3.05) is 13.1 Å². The smallest absolute Gasteiger partial charge is 0.305 e. The molecule has 4 rings (SSSR count). The summed E-state index contributed by atoms with van der Waals surface area (Å²) in [6.07, 6.45) is 7.89. The Kier molecular flexibility index (Phi) is 4.89. The molecular weight excluding hydrogens is 382 g/mol. The van der Waals surface area contributed by atoms with Crippen LogP contribution in [-0.2, 0) is 20.0 Å². The zero-order valence-corrected chi connectivity index (χ0v) is 16.6. The van der Waals surface area contributed by atoms with Crippen LogP contribution in [0.4, 0.5) is 0 Å². The Labute approximate surface area is 164 Å². The third kappa shape index (κ3) is 3.19. The molecule has 152 valence electrons. The van der Waals surface area contributed by atoms with Crippen LogP contribution in [0, 0.1) is 0 Å². The molecule has 1 aromatic heterocycles. The monoisotopic (exact) mass is 407 g/mol. The van der Waals surface area contributed by atoms with Crippen molar-refractivity contribution < 1.29 is 23.1 Å². The van der Waals surface area contributed by atoms with E-state index in [9.17, 15) is 18.0 Å². The minimum absolute atomic E-state index is 0.119. The van der Waals surface area contributed by atoms with Crippen LogP contribution in [0.1, 0.15) is 73.8 Å². The summed E-state index contributed by atoms with van der Waals surface area (Å²) in [4.78, 5) is 34.0. The Morgan fingerprint density at radius 2 is 1.89 bits per heavy atom. The Morgan fingerprint density at radius 1 is 1.21 bits per heavy atom. The Balaban J connectivity index is 1.74. The lowest BCUT2D eigenvalue weighted by molar-refractivity contribution is -0.137. The van der Waals surface area contributed by atoms with Gasteiger partial charge < -0.3 is 10.0 Å². The number of carboxylic acids is 1. The molecule has 9 heteroatoms. The number of amides is 1. The highest BCUT2D eigenvalue weighted by Gasteiger charge is 2.47. The zero-order chi connectivity index (χ0) is 19.9. The van der Waals surface area contributed by atoms with Crippen molar-refractivity contribution in [2.45, 2.75) is 73.6 Å². The molecule has 1 aromatic rings. The number of sulfone groups is 1. The standard InChI is InChI=1S/C19H25N3O5S/c23-15(24)7-10-22-12-19(8-3-4-9-19)16-14(17(22)25)11-20-18(21-16)28(26,27)13-5-1-2-6-13/h11,13H,1-10,12H2,(H,23,24). The number of nitrogens with zero attached hydrogens (tertiary/aromatic N) is 3. The van der Waals surface area contributed by atoms with E-state index in [1.165, 1.54) is 6.20 Å². The fourth-order valence-electron chi connectivity index (χ4n) is 4.95. The van der Waals surface area contributed by atoms with E-state index in [1.54, 1.807) is 4.90 Å². The molecule has 3 aliphatic rings. The van der Waals surface area contributed by atoms with Crippen molar-refractivity contribution >= 4 is 21.7 Å². The molecule has 1 aliphatic heterocycles. The molecule has 28 heavy (non-hydrogen) atoms. The average molecular weight is 407 g/mol. The van der Waals surface area contributed by atoms with Crippen LogP contribution >= 0.6 is 0 Å². The van der Waals surface area contributed by atoms with E-state index in [0.717, 1.165) is 38.5 Å². The minimum atomic E-state index is -3.60. The first-order valence-electron chi connectivity index (χ1n) is 9.96. The quantitative estimate of drug-likeness (QED) is 0.741. The highest BCUT2D eigenvalue weighted by molar-refractivity contribution is 7.91. The summed E-state index contributed by atoms with van der Waals surface area (Å²) in [5.74, 6) is -1.26. The highest BCUT2D eigenvalue weighted by atomic mass is 32.2. The second-order valence-electron chi connectivity index (χ2n) is 8.22. The van der Waals surface area contributed by atoms with Gasteiger partial charge >= 0.3 is 5.97 Å². The lowest BCUT2D eigenvalue weighted by Gasteiger charge is -2.40. The van der Waals surface area contributed by atoms with E-state index in [4.69, 9.17) is 5.11 Å². The summed E-state index contributed by atoms with van der Waals surface area (Å²) in [6.45, 7) is 0.531. The van der Waals surface area contributed by atoms with Crippen LogP contribution in [-0.4, -0.2) is 58.6 Å². The van der Waals surface area contributed by atoms with Gasteiger partial charge in [0.2, 0.25) is 15.0 Å². The maximum atomic E-state index is 13.0. The largest absolute Gasteiger partial charge is 0.481 e. The maximum Gasteiger partial charge on any atom is 0.305 e. The molecule has 1 amide bonds. The predicted molar refractivity (Wildman–Crippen MR) is 99.8 cm³/mol. The summed E-state index contributed by atoms with van der Waals surface area (Å²) < 4.78 is 25.9. The van der Waals surface area contributed by atoms with Gasteiger partial charge in [-0.1, -0.05) is 25.7 Å². The lowest BCUT2D eigenvalue weighted by atomic mass is 9.77. The number of carbonyl (C=O) groups is 2. The van der Waals surface area contributed by atoms with Crippen molar-refractivity contribution in [2.24, 2.45) is 0 Å². The van der Waals surface area contributed by atoms with E-state index in [2.05, 4.69) is 9.97 Å². The normalized spacial score (nSPS) is 22.0. The summed E-state index contributed by atoms with van der Waals surface area (Å²) in [7, 11) is -3.60. The second-order valence-corrected chi connectivity index (χ2v) is 10.3. The van der Waals surface area contributed by atoms with Gasteiger partial charge in [-0.25, -0.2) is 18.4 Å². The topological polar surface area (TPSA) is 118 Å². The second kappa shape index (κ2) is 7.09. The molecule has 0 saturated heterocycles. The number of aliphatic carboxylic acids is 1. The van der Waals surface area contributed by atoms with Gasteiger partial charge in [-0.3, -0.25) is 9.59 Å². The van der Waals surface area contributed by atoms with E-state index in [1.807, 2.05) is 0 Å². The lowest BCUT2D eigenvalue weighted by Crippen LogP contribution is -2.50. The molecule has 2 fully saturated rings. The molecule has 0 aromatic carbocycles. The summed E-state index contributed by atoms with van der Waals surface area (Å²) in [5.41, 5.74) is 0.474. The number of hydrogen-bond acceptors (Lipinski definition) is 6. The number of aromatic nitrogens is 2. The van der Waals surface area contributed by atoms with Crippen molar-refractivity contribution in [3.05, 3.63) is 17.5 Å². The van der Waals surface area contributed by atoms with Crippen LogP contribution in [0.15, 0.2) is 11.4 Å². The minimum Gasteiger partial charge on any atom is -0.481 e. The van der Waals surface area contributed by atoms with Crippen molar-refractivity contribution in [1.29, 1.82) is 0 Å². The van der Waals surface area contributed by atoms with Gasteiger partial charge in [0.25, 0.3) is 5.91 Å². The van der Waals surface area contributed by atoms with E-state index in [0.29, 0.717) is 30.6 Å². The van der Waals surface area contributed by atoms with Crippen LogP contribution in [0.2, 0.25) is 0 Å². The fourth-order valence-corrected chi connectivity index (χ4v) is 6.62. The summed E-state index contributed by atoms with van der Waals surface area (Å²) in [6, 6.07) is 0. The summed E-state index contributed by atoms with van der Waals surface area (Å²) in [5, 5.41) is 8.39. The van der Waals surface area contributed by atoms with Crippen LogP contribution < -0.4 is 0 Å². The fraction of sp³-hybridized carbons (Fsp3) is 0.684. The molecule has 0 radical (unpaired) electrons. The molecule has 0 unspecified atom stereocenters. The third-order valence-electron chi connectivity index (χ3n) is 6.43. The molecule has 2 heterocycles. The van der Waals surface area contributed by atoms with Gasteiger partial charge in [0.1, 0.15) is 0 Å². The average Bonchev–Trinajstić information content (AvgIpc) is 3.36. The van der Waals surface area contributed by atoms with Gasteiger partial charge in [-0.2, -0.15) is 0 Å². The van der Waals surface area contributed by atoms with Gasteiger partial charge in [0.15, 0.2) is 0 Å². The van der Waals surface area contributed by atoms with Crippen LogP contribution in [0.3, 0.4) is 0 Å². The Morgan fingerprint density at radius 3 is 2.54 bits per heavy atom. The van der Waals surface area contributed by atoms with Crippen LogP contribution in [0.25, 0.3) is 0 Å². The first-order valence-corrected chi connectivity index (χ1v) is 11.5. The predicted octanol–water partition coefficient (Wildman–Crippen LogP) is 1.94. The van der Waals surface area contributed by atoms with Gasteiger partial charge in [0.05, 0.1) is 22.9 Å².